The Labute approximate surface area is 118 Å². The predicted octanol–water partition coefficient (Wildman–Crippen LogP) is 1.15. The van der Waals surface area contributed by atoms with Crippen LogP contribution >= 0.6 is 0 Å². The van der Waals surface area contributed by atoms with Gasteiger partial charge in [-0.2, -0.15) is 5.10 Å². The van der Waals surface area contributed by atoms with Crippen LogP contribution in [0.2, 0.25) is 0 Å². The van der Waals surface area contributed by atoms with Crippen LogP contribution in [0.5, 0.6) is 0 Å². The minimum absolute atomic E-state index is 0.0833. The zero-order valence-electron chi connectivity index (χ0n) is 12.1. The maximum Gasteiger partial charge on any atom is 0.339 e. The Morgan fingerprint density at radius 3 is 2.75 bits per heavy atom. The Morgan fingerprint density at radius 2 is 2.20 bits per heavy atom. The van der Waals surface area contributed by atoms with Crippen molar-refractivity contribution in [2.24, 2.45) is 13.0 Å². The molecule has 112 valence electrons. The molecule has 6 heteroatoms. The van der Waals surface area contributed by atoms with E-state index in [1.165, 1.54) is 6.20 Å². The summed E-state index contributed by atoms with van der Waals surface area (Å²) in [6, 6.07) is 0. The fourth-order valence-electron chi connectivity index (χ4n) is 2.83. The van der Waals surface area contributed by atoms with Crippen molar-refractivity contribution in [3.05, 3.63) is 17.5 Å². The van der Waals surface area contributed by atoms with Crippen molar-refractivity contribution in [3.63, 3.8) is 0 Å². The standard InChI is InChI=1S/C14H23N3O3/c1-10-3-5-14(9-18,6-4-10)15-8-12-11(13(19)20)7-16-17(12)2/h7,10,15,18H,3-6,8-9H2,1-2H3,(H,19,20). The first-order valence-corrected chi connectivity index (χ1v) is 7.07. The van der Waals surface area contributed by atoms with Crippen molar-refractivity contribution >= 4 is 5.97 Å². The van der Waals surface area contributed by atoms with Crippen LogP contribution < -0.4 is 5.32 Å². The summed E-state index contributed by atoms with van der Waals surface area (Å²) in [6.45, 7) is 2.72. The van der Waals surface area contributed by atoms with Crippen LogP contribution in [-0.2, 0) is 13.6 Å². The first-order chi connectivity index (χ1) is 9.47. The second kappa shape index (κ2) is 5.93. The minimum atomic E-state index is -0.967. The highest BCUT2D eigenvalue weighted by Crippen LogP contribution is 2.31. The molecular weight excluding hydrogens is 258 g/mol. The van der Waals surface area contributed by atoms with Crippen molar-refractivity contribution in [2.45, 2.75) is 44.7 Å². The monoisotopic (exact) mass is 281 g/mol. The molecule has 1 aliphatic rings. The molecular formula is C14H23N3O3. The van der Waals surface area contributed by atoms with Crippen LogP contribution in [0.4, 0.5) is 0 Å². The number of nitrogens with one attached hydrogen (secondary N) is 1. The van der Waals surface area contributed by atoms with E-state index in [2.05, 4.69) is 17.3 Å². The molecule has 0 unspecified atom stereocenters. The van der Waals surface area contributed by atoms with E-state index in [9.17, 15) is 9.90 Å². The summed E-state index contributed by atoms with van der Waals surface area (Å²) < 4.78 is 1.58. The molecule has 2 rings (SSSR count). The molecule has 1 aliphatic carbocycles. The number of carboxylic acid groups (broad SMARTS) is 1. The van der Waals surface area contributed by atoms with Gasteiger partial charge in [-0.3, -0.25) is 4.68 Å². The van der Waals surface area contributed by atoms with Crippen molar-refractivity contribution < 1.29 is 15.0 Å². The molecule has 0 atom stereocenters. The van der Waals surface area contributed by atoms with Gasteiger partial charge in [0.1, 0.15) is 5.56 Å². The van der Waals surface area contributed by atoms with E-state index in [1.54, 1.807) is 11.7 Å². The molecule has 0 radical (unpaired) electrons. The molecule has 0 saturated heterocycles. The Kier molecular flexibility index (Phi) is 4.45. The summed E-state index contributed by atoms with van der Waals surface area (Å²) in [7, 11) is 1.73. The van der Waals surface area contributed by atoms with Crippen LogP contribution in [-0.4, -0.2) is 38.1 Å². The van der Waals surface area contributed by atoms with Crippen LogP contribution in [0, 0.1) is 5.92 Å². The average molecular weight is 281 g/mol. The molecule has 0 bridgehead atoms. The third-order valence-electron chi connectivity index (χ3n) is 4.46. The molecule has 0 aliphatic heterocycles. The Bertz CT molecular complexity index is 476. The van der Waals surface area contributed by atoms with Crippen LogP contribution in [0.3, 0.4) is 0 Å². The van der Waals surface area contributed by atoms with E-state index in [0.29, 0.717) is 18.2 Å². The number of aromatic carboxylic acids is 1. The van der Waals surface area contributed by atoms with Crippen molar-refractivity contribution in [2.75, 3.05) is 6.61 Å². The second-order valence-electron chi connectivity index (χ2n) is 5.91. The van der Waals surface area contributed by atoms with E-state index in [4.69, 9.17) is 5.11 Å². The predicted molar refractivity (Wildman–Crippen MR) is 74.5 cm³/mol. The van der Waals surface area contributed by atoms with Gasteiger partial charge in [-0.25, -0.2) is 4.79 Å². The number of nitrogens with zero attached hydrogens (tertiary/aromatic N) is 2. The molecule has 3 N–H and O–H groups in total. The molecule has 6 nitrogen and oxygen atoms in total. The summed E-state index contributed by atoms with van der Waals surface area (Å²) in [5.74, 6) is -0.270. The molecule has 0 amide bonds. The number of rotatable bonds is 5. The number of aliphatic hydroxyl groups is 1. The Hall–Kier alpha value is -1.40. The molecule has 1 heterocycles. The second-order valence-corrected chi connectivity index (χ2v) is 5.91. The lowest BCUT2D eigenvalue weighted by molar-refractivity contribution is 0.0694. The van der Waals surface area contributed by atoms with Crippen LogP contribution in [0.1, 0.15) is 48.7 Å². The van der Waals surface area contributed by atoms with Gasteiger partial charge in [-0.15, -0.1) is 0 Å². The summed E-state index contributed by atoms with van der Waals surface area (Å²) >= 11 is 0. The van der Waals surface area contributed by atoms with E-state index >= 15 is 0 Å². The average Bonchev–Trinajstić information content (AvgIpc) is 2.80. The van der Waals surface area contributed by atoms with Crippen LogP contribution in [0.25, 0.3) is 0 Å². The lowest BCUT2D eigenvalue weighted by atomic mass is 9.77. The third kappa shape index (κ3) is 3.02. The van der Waals surface area contributed by atoms with Crippen molar-refractivity contribution in [1.29, 1.82) is 0 Å². The zero-order chi connectivity index (χ0) is 14.8. The van der Waals surface area contributed by atoms with Gasteiger partial charge in [0.15, 0.2) is 0 Å². The quantitative estimate of drug-likeness (QED) is 0.753. The molecule has 1 aromatic heterocycles. The van der Waals surface area contributed by atoms with Crippen LogP contribution in [0.15, 0.2) is 6.20 Å². The number of hydrogen-bond donors (Lipinski definition) is 3. The van der Waals surface area contributed by atoms with Gasteiger partial charge >= 0.3 is 5.97 Å². The van der Waals surface area contributed by atoms with Gasteiger partial charge in [-0.1, -0.05) is 6.92 Å². The minimum Gasteiger partial charge on any atom is -0.478 e. The normalized spacial score (nSPS) is 26.6. The van der Waals surface area contributed by atoms with Gasteiger partial charge in [0.2, 0.25) is 0 Å². The number of aliphatic hydroxyl groups excluding tert-OH is 1. The maximum atomic E-state index is 11.1. The highest BCUT2D eigenvalue weighted by atomic mass is 16.4. The first-order valence-electron chi connectivity index (χ1n) is 7.07. The number of aryl methyl sites for hydroxylation is 1. The number of carbonyl (C=O) groups is 1. The molecule has 0 spiro atoms. The molecule has 1 saturated carbocycles. The van der Waals surface area contributed by atoms with Crippen molar-refractivity contribution in [1.82, 2.24) is 15.1 Å². The fraction of sp³-hybridized carbons (Fsp3) is 0.714. The molecule has 1 aromatic rings. The smallest absolute Gasteiger partial charge is 0.339 e. The van der Waals surface area contributed by atoms with E-state index in [0.717, 1.165) is 25.7 Å². The molecule has 1 fully saturated rings. The summed E-state index contributed by atoms with van der Waals surface area (Å²) in [5, 5.41) is 26.2. The summed E-state index contributed by atoms with van der Waals surface area (Å²) in [5.41, 5.74) is 0.577. The molecule has 20 heavy (non-hydrogen) atoms. The zero-order valence-corrected chi connectivity index (χ0v) is 12.1. The van der Waals surface area contributed by atoms with E-state index < -0.39 is 5.97 Å². The lowest BCUT2D eigenvalue weighted by Gasteiger charge is -2.39. The third-order valence-corrected chi connectivity index (χ3v) is 4.46. The van der Waals surface area contributed by atoms with Gasteiger partial charge in [0.25, 0.3) is 0 Å². The topological polar surface area (TPSA) is 87.4 Å². The maximum absolute atomic E-state index is 11.1. The van der Waals surface area contributed by atoms with Gasteiger partial charge in [0, 0.05) is 19.1 Å². The summed E-state index contributed by atoms with van der Waals surface area (Å²) in [4.78, 5) is 11.1. The van der Waals surface area contributed by atoms with Gasteiger partial charge < -0.3 is 15.5 Å². The number of aromatic nitrogens is 2. The number of carboxylic acids is 1. The Morgan fingerprint density at radius 1 is 1.55 bits per heavy atom. The van der Waals surface area contributed by atoms with E-state index in [-0.39, 0.29) is 17.7 Å². The summed E-state index contributed by atoms with van der Waals surface area (Å²) in [6.07, 6.45) is 5.39. The lowest BCUT2D eigenvalue weighted by Crippen LogP contribution is -2.50. The number of hydrogen-bond acceptors (Lipinski definition) is 4. The van der Waals surface area contributed by atoms with Gasteiger partial charge in [-0.05, 0) is 31.6 Å². The highest BCUT2D eigenvalue weighted by Gasteiger charge is 2.33. The first kappa shape index (κ1) is 15.0. The van der Waals surface area contributed by atoms with Crippen molar-refractivity contribution in [3.8, 4) is 0 Å². The Balaban J connectivity index is 2.07. The van der Waals surface area contributed by atoms with Gasteiger partial charge in [0.05, 0.1) is 18.5 Å². The molecule has 0 aromatic carbocycles. The van der Waals surface area contributed by atoms with E-state index in [1.807, 2.05) is 0 Å². The highest BCUT2D eigenvalue weighted by molar-refractivity contribution is 5.88. The SMILES string of the molecule is CC1CCC(CO)(NCc2c(C(=O)O)cnn2C)CC1. The fourth-order valence-corrected chi connectivity index (χ4v) is 2.83. The largest absolute Gasteiger partial charge is 0.478 e.